The molecule has 0 saturated heterocycles. The summed E-state index contributed by atoms with van der Waals surface area (Å²) in [4.78, 5) is 0. The van der Waals surface area contributed by atoms with Crippen molar-refractivity contribution in [2.75, 3.05) is 39.7 Å². The van der Waals surface area contributed by atoms with E-state index in [4.69, 9.17) is 18.9 Å². The Balaban J connectivity index is 1.81. The maximum absolute atomic E-state index is 6.12. The van der Waals surface area contributed by atoms with Crippen LogP contribution in [0, 0.1) is 0 Å². The Bertz CT molecular complexity index is 896. The minimum absolute atomic E-state index is 0.678. The quantitative estimate of drug-likeness (QED) is 0.476. The summed E-state index contributed by atoms with van der Waals surface area (Å²) >= 11 is 0. The van der Waals surface area contributed by atoms with Crippen LogP contribution in [-0.4, -0.2) is 34.4 Å². The summed E-state index contributed by atoms with van der Waals surface area (Å²) in [6, 6.07) is 20.6. The highest BCUT2D eigenvalue weighted by Crippen LogP contribution is 2.35. The van der Waals surface area contributed by atoms with E-state index in [1.165, 1.54) is 0 Å². The van der Waals surface area contributed by atoms with Crippen LogP contribution in [0.4, 0.5) is 5.69 Å². The first kappa shape index (κ1) is 20.4. The number of benzene rings is 3. The molecule has 0 bridgehead atoms. The van der Waals surface area contributed by atoms with Gasteiger partial charge in [-0.3, -0.25) is 0 Å². The van der Waals surface area contributed by atoms with Gasteiger partial charge in [0.25, 0.3) is 0 Å². The van der Waals surface area contributed by atoms with E-state index >= 15 is 0 Å². The second kappa shape index (κ2) is 10.2. The van der Waals surface area contributed by atoms with Crippen molar-refractivity contribution in [1.29, 1.82) is 0 Å². The number of rotatable bonds is 10. The summed E-state index contributed by atoms with van der Waals surface area (Å²) in [5.41, 5.74) is 0.887. The van der Waals surface area contributed by atoms with Crippen LogP contribution in [0.15, 0.2) is 66.7 Å². The fraction of sp³-hybridized carbons (Fsp3) is 0.217. The van der Waals surface area contributed by atoms with Gasteiger partial charge in [-0.1, -0.05) is 0 Å². The normalized spacial score (nSPS) is 10.3. The fourth-order valence-electron chi connectivity index (χ4n) is 2.67. The minimum atomic E-state index is 0.678. The van der Waals surface area contributed by atoms with Gasteiger partial charge in [-0.25, -0.2) is 0 Å². The molecule has 0 radical (unpaired) electrons. The molecule has 152 valence electrons. The van der Waals surface area contributed by atoms with Crippen LogP contribution in [0.1, 0.15) is 0 Å². The van der Waals surface area contributed by atoms with Crippen LogP contribution in [0.25, 0.3) is 0 Å². The van der Waals surface area contributed by atoms with E-state index in [0.717, 1.165) is 36.0 Å². The second-order valence-corrected chi connectivity index (χ2v) is 6.24. The molecule has 0 fully saturated rings. The van der Waals surface area contributed by atoms with Crippen molar-refractivity contribution in [2.24, 2.45) is 0 Å². The maximum Gasteiger partial charge on any atom is 0.154 e. The first-order valence-electron chi connectivity index (χ1n) is 9.38. The van der Waals surface area contributed by atoms with Gasteiger partial charge in [0, 0.05) is 19.2 Å². The van der Waals surface area contributed by atoms with Gasteiger partial charge in [0.2, 0.25) is 0 Å². The Labute approximate surface area is 171 Å². The molecule has 0 saturated carbocycles. The van der Waals surface area contributed by atoms with Crippen molar-refractivity contribution in [3.8, 4) is 34.5 Å². The molecule has 3 aromatic rings. The summed E-state index contributed by atoms with van der Waals surface area (Å²) in [5, 5.41) is 6.50. The zero-order valence-corrected chi connectivity index (χ0v) is 16.9. The Morgan fingerprint density at radius 2 is 1.14 bits per heavy atom. The molecule has 6 nitrogen and oxygen atoms in total. The number of likely N-dealkylation sites (N-methyl/N-ethyl adjacent to an activating group) is 1. The Kier molecular flexibility index (Phi) is 7.19. The number of anilines is 1. The predicted molar refractivity (Wildman–Crippen MR) is 115 cm³/mol. The predicted octanol–water partition coefficient (Wildman–Crippen LogP) is 4.92. The zero-order valence-electron chi connectivity index (χ0n) is 16.9. The molecule has 0 unspecified atom stereocenters. The molecule has 0 heterocycles. The van der Waals surface area contributed by atoms with Crippen molar-refractivity contribution in [1.82, 2.24) is 5.32 Å². The van der Waals surface area contributed by atoms with Gasteiger partial charge in [0.15, 0.2) is 5.75 Å². The van der Waals surface area contributed by atoms with E-state index in [0.29, 0.717) is 17.2 Å². The lowest BCUT2D eigenvalue weighted by molar-refractivity contribution is 0.412. The third kappa shape index (κ3) is 5.80. The average Bonchev–Trinajstić information content (AvgIpc) is 2.76. The zero-order chi connectivity index (χ0) is 20.5. The highest BCUT2D eigenvalue weighted by Gasteiger charge is 2.09. The van der Waals surface area contributed by atoms with Crippen molar-refractivity contribution in [3.63, 3.8) is 0 Å². The van der Waals surface area contributed by atoms with Gasteiger partial charge in [-0.05, 0) is 67.7 Å². The van der Waals surface area contributed by atoms with Crippen LogP contribution >= 0.6 is 0 Å². The lowest BCUT2D eigenvalue weighted by Crippen LogP contribution is -2.17. The lowest BCUT2D eigenvalue weighted by Gasteiger charge is -2.15. The molecule has 0 aliphatic carbocycles. The molecule has 0 amide bonds. The Hall–Kier alpha value is -3.38. The fourth-order valence-corrected chi connectivity index (χ4v) is 2.67. The average molecular weight is 394 g/mol. The minimum Gasteiger partial charge on any atom is -0.497 e. The van der Waals surface area contributed by atoms with Gasteiger partial charge in [-0.2, -0.15) is 0 Å². The smallest absolute Gasteiger partial charge is 0.154 e. The first-order valence-corrected chi connectivity index (χ1v) is 9.38. The molecular formula is C23H26N2O4. The number of methoxy groups -OCH3 is 2. The highest BCUT2D eigenvalue weighted by molar-refractivity contribution is 5.61. The molecule has 3 aromatic carbocycles. The molecule has 0 aromatic heterocycles. The van der Waals surface area contributed by atoms with Crippen molar-refractivity contribution in [3.05, 3.63) is 66.7 Å². The van der Waals surface area contributed by atoms with Gasteiger partial charge in [0.1, 0.15) is 28.7 Å². The lowest BCUT2D eigenvalue weighted by atomic mass is 10.2. The monoisotopic (exact) mass is 394 g/mol. The van der Waals surface area contributed by atoms with Crippen LogP contribution in [0.5, 0.6) is 34.5 Å². The van der Waals surface area contributed by atoms with E-state index in [9.17, 15) is 0 Å². The SMILES string of the molecule is CNCCNc1ccc(Oc2ccc(OC)cc2)cc1Oc1ccc(OC)cc1. The van der Waals surface area contributed by atoms with Crippen LogP contribution in [-0.2, 0) is 0 Å². The van der Waals surface area contributed by atoms with E-state index in [-0.39, 0.29) is 0 Å². The van der Waals surface area contributed by atoms with E-state index in [1.54, 1.807) is 14.2 Å². The molecule has 2 N–H and O–H groups in total. The summed E-state index contributed by atoms with van der Waals surface area (Å²) in [7, 11) is 5.19. The van der Waals surface area contributed by atoms with Crippen LogP contribution < -0.4 is 29.6 Å². The standard InChI is InChI=1S/C23H26N2O4/c1-24-14-15-25-22-13-12-21(28-19-8-4-17(26-2)5-9-19)16-23(22)29-20-10-6-18(27-3)7-11-20/h4-13,16,24-25H,14-15H2,1-3H3. The molecule has 0 aliphatic rings. The van der Waals surface area contributed by atoms with Crippen LogP contribution in [0.3, 0.4) is 0 Å². The van der Waals surface area contributed by atoms with Crippen molar-refractivity contribution >= 4 is 5.69 Å². The Morgan fingerprint density at radius 3 is 1.69 bits per heavy atom. The van der Waals surface area contributed by atoms with Crippen molar-refractivity contribution < 1.29 is 18.9 Å². The van der Waals surface area contributed by atoms with E-state index in [2.05, 4.69) is 10.6 Å². The Morgan fingerprint density at radius 1 is 0.621 bits per heavy atom. The molecule has 0 atom stereocenters. The van der Waals surface area contributed by atoms with E-state index < -0.39 is 0 Å². The summed E-state index contributed by atoms with van der Waals surface area (Å²) in [5.74, 6) is 4.35. The molecule has 0 aliphatic heterocycles. The largest absolute Gasteiger partial charge is 0.497 e. The first-order chi connectivity index (χ1) is 14.2. The summed E-state index contributed by atoms with van der Waals surface area (Å²) < 4.78 is 22.5. The molecular weight excluding hydrogens is 368 g/mol. The summed E-state index contributed by atoms with van der Waals surface area (Å²) in [6.45, 7) is 1.61. The molecule has 3 rings (SSSR count). The van der Waals surface area contributed by atoms with Crippen LogP contribution in [0.2, 0.25) is 0 Å². The van der Waals surface area contributed by atoms with Gasteiger partial charge in [0.05, 0.1) is 19.9 Å². The summed E-state index contributed by atoms with van der Waals surface area (Å²) in [6.07, 6.45) is 0. The number of hydrogen-bond acceptors (Lipinski definition) is 6. The van der Waals surface area contributed by atoms with Gasteiger partial charge in [-0.15, -0.1) is 0 Å². The number of ether oxygens (including phenoxy) is 4. The van der Waals surface area contributed by atoms with Crippen molar-refractivity contribution in [2.45, 2.75) is 0 Å². The molecule has 29 heavy (non-hydrogen) atoms. The maximum atomic E-state index is 6.12. The molecule has 0 spiro atoms. The highest BCUT2D eigenvalue weighted by atomic mass is 16.5. The topological polar surface area (TPSA) is 61.0 Å². The second-order valence-electron chi connectivity index (χ2n) is 6.24. The van der Waals surface area contributed by atoms with Gasteiger partial charge >= 0.3 is 0 Å². The third-order valence-electron chi connectivity index (χ3n) is 4.23. The van der Waals surface area contributed by atoms with E-state index in [1.807, 2.05) is 73.8 Å². The number of nitrogens with one attached hydrogen (secondary N) is 2. The van der Waals surface area contributed by atoms with Gasteiger partial charge < -0.3 is 29.6 Å². The number of hydrogen-bond donors (Lipinski definition) is 2. The third-order valence-corrected chi connectivity index (χ3v) is 4.23. The molecule has 6 heteroatoms.